The van der Waals surface area contributed by atoms with Gasteiger partial charge in [-0.3, -0.25) is 19.3 Å². The van der Waals surface area contributed by atoms with Crippen molar-refractivity contribution in [2.45, 2.75) is 32.8 Å². The van der Waals surface area contributed by atoms with Gasteiger partial charge in [0.05, 0.1) is 35.7 Å². The Kier molecular flexibility index (Phi) is 7.33. The fraction of sp³-hybridized carbons (Fsp3) is 0.444. The van der Waals surface area contributed by atoms with Crippen molar-refractivity contribution in [3.63, 3.8) is 0 Å². The summed E-state index contributed by atoms with van der Waals surface area (Å²) >= 11 is 0. The van der Waals surface area contributed by atoms with E-state index in [1.807, 2.05) is 11.8 Å². The lowest BCUT2D eigenvalue weighted by Gasteiger charge is -2.29. The number of anilines is 2. The summed E-state index contributed by atoms with van der Waals surface area (Å²) in [5, 5.41) is 14.4. The van der Waals surface area contributed by atoms with Gasteiger partial charge in [-0.25, -0.2) is 4.39 Å². The number of fused-ring (bicyclic) bond motifs is 2. The average Bonchev–Trinajstić information content (AvgIpc) is 3.30. The molecule has 4 heterocycles. The maximum atomic E-state index is 14.8. The molecule has 5 rings (SSSR count). The maximum absolute atomic E-state index is 14.8. The van der Waals surface area contributed by atoms with Gasteiger partial charge in [0.25, 0.3) is 17.7 Å². The van der Waals surface area contributed by atoms with Crippen LogP contribution in [0.2, 0.25) is 0 Å². The van der Waals surface area contributed by atoms with Crippen LogP contribution in [0.1, 0.15) is 46.2 Å². The number of ether oxygens (including phenoxy) is 1. The Hall–Kier alpha value is -3.54. The minimum atomic E-state index is -1.31. The number of hydrogen-bond acceptors (Lipinski definition) is 6. The van der Waals surface area contributed by atoms with E-state index < -0.39 is 23.7 Å². The highest BCUT2D eigenvalue weighted by Gasteiger charge is 2.30. The molecule has 3 aliphatic rings. The Labute approximate surface area is 219 Å². The van der Waals surface area contributed by atoms with Gasteiger partial charge in [0.15, 0.2) is 0 Å². The largest absolute Gasteiger partial charge is 0.384 e. The van der Waals surface area contributed by atoms with Crippen molar-refractivity contribution in [1.82, 2.24) is 14.8 Å². The molecule has 1 fully saturated rings. The second-order valence-corrected chi connectivity index (χ2v) is 9.92. The monoisotopic (exact) mass is 525 g/mol. The first-order valence-corrected chi connectivity index (χ1v) is 12.9. The summed E-state index contributed by atoms with van der Waals surface area (Å²) in [6.45, 7) is 8.42. The Morgan fingerprint density at radius 2 is 2.00 bits per heavy atom. The van der Waals surface area contributed by atoms with Gasteiger partial charge < -0.3 is 30.4 Å². The van der Waals surface area contributed by atoms with Crippen molar-refractivity contribution >= 4 is 40.7 Å². The van der Waals surface area contributed by atoms with E-state index in [1.165, 1.54) is 19.1 Å². The number of nitrogens with zero attached hydrogens (tertiary/aromatic N) is 2. The molecule has 0 bridgehead atoms. The van der Waals surface area contributed by atoms with Gasteiger partial charge in [0.2, 0.25) is 0 Å². The number of halogens is 1. The molecule has 1 aromatic heterocycles. The zero-order valence-corrected chi connectivity index (χ0v) is 21.5. The van der Waals surface area contributed by atoms with Crippen molar-refractivity contribution < 1.29 is 28.6 Å². The molecule has 0 saturated carbocycles. The molecular weight excluding hydrogens is 493 g/mol. The van der Waals surface area contributed by atoms with Crippen LogP contribution in [0.15, 0.2) is 12.1 Å². The Morgan fingerprint density at radius 1 is 1.24 bits per heavy atom. The highest BCUT2D eigenvalue weighted by atomic mass is 19.1. The predicted molar refractivity (Wildman–Crippen MR) is 140 cm³/mol. The minimum absolute atomic E-state index is 0.0232. The van der Waals surface area contributed by atoms with E-state index in [2.05, 4.69) is 20.5 Å². The van der Waals surface area contributed by atoms with Gasteiger partial charge >= 0.3 is 0 Å². The molecule has 10 nitrogen and oxygen atoms in total. The topological polar surface area (TPSA) is 127 Å². The van der Waals surface area contributed by atoms with Crippen molar-refractivity contribution in [3.8, 4) is 0 Å². The van der Waals surface area contributed by atoms with Gasteiger partial charge in [-0.05, 0) is 50.5 Å². The smallest absolute Gasteiger partial charge is 0.256 e. The maximum Gasteiger partial charge on any atom is 0.256 e. The number of rotatable bonds is 6. The number of aryl methyl sites for hydroxylation is 1. The number of hydrogen-bond donors (Lipinski definition) is 4. The molecule has 0 radical (unpaired) electrons. The fourth-order valence-corrected chi connectivity index (χ4v) is 5.14. The third-order valence-corrected chi connectivity index (χ3v) is 7.33. The second-order valence-electron chi connectivity index (χ2n) is 9.92. The van der Waals surface area contributed by atoms with Crippen LogP contribution in [0.25, 0.3) is 11.6 Å². The van der Waals surface area contributed by atoms with E-state index in [9.17, 15) is 23.9 Å². The number of aromatic nitrogens is 1. The van der Waals surface area contributed by atoms with Crippen molar-refractivity contribution in [2.24, 2.45) is 0 Å². The first kappa shape index (κ1) is 26.1. The molecule has 3 aliphatic heterocycles. The molecule has 1 atom stereocenters. The van der Waals surface area contributed by atoms with E-state index in [0.29, 0.717) is 55.2 Å². The van der Waals surface area contributed by atoms with Crippen LogP contribution in [-0.4, -0.2) is 89.7 Å². The molecule has 3 amide bonds. The number of aliphatic hydroxyl groups is 1. The number of aromatic amines is 1. The van der Waals surface area contributed by atoms with Gasteiger partial charge in [-0.15, -0.1) is 0 Å². The van der Waals surface area contributed by atoms with Crippen molar-refractivity contribution in [3.05, 3.63) is 46.0 Å². The third-order valence-electron chi connectivity index (χ3n) is 7.33. The molecule has 4 N–H and O–H groups in total. The normalized spacial score (nSPS) is 19.7. The molecule has 1 unspecified atom stereocenters. The van der Waals surface area contributed by atoms with Gasteiger partial charge in [-0.2, -0.15) is 0 Å². The lowest BCUT2D eigenvalue weighted by Crippen LogP contribution is -2.43. The number of nitrogens with one attached hydrogen (secondary N) is 3. The first-order valence-electron chi connectivity index (χ1n) is 12.9. The summed E-state index contributed by atoms with van der Waals surface area (Å²) in [5.74, 6) is -1.92. The van der Waals surface area contributed by atoms with Crippen LogP contribution in [0.4, 0.5) is 15.8 Å². The van der Waals surface area contributed by atoms with Gasteiger partial charge in [-0.1, -0.05) is 0 Å². The van der Waals surface area contributed by atoms with Crippen LogP contribution in [-0.2, 0) is 20.7 Å². The summed E-state index contributed by atoms with van der Waals surface area (Å²) in [5.41, 5.74) is 3.67. The molecule has 202 valence electrons. The quantitative estimate of drug-likeness (QED) is 0.428. The molecule has 0 spiro atoms. The van der Waals surface area contributed by atoms with Gasteiger partial charge in [0.1, 0.15) is 11.9 Å². The third kappa shape index (κ3) is 5.09. The highest BCUT2D eigenvalue weighted by molar-refractivity contribution is 6.35. The van der Waals surface area contributed by atoms with Crippen LogP contribution in [0, 0.1) is 12.7 Å². The SMILES string of the molecule is Cc1c(C=C2C(=O)Nc3cc(NC(=O)C(C)O)c(F)cc32)[nH]c2c1C(=O)N(CCN1CCOCC1)CCC2. The summed E-state index contributed by atoms with van der Waals surface area (Å²) in [6, 6.07) is 2.51. The zero-order valence-electron chi connectivity index (χ0n) is 21.5. The van der Waals surface area contributed by atoms with Crippen molar-refractivity contribution in [2.75, 3.05) is 56.6 Å². The number of amides is 3. The minimum Gasteiger partial charge on any atom is -0.384 e. The zero-order chi connectivity index (χ0) is 27.0. The average molecular weight is 526 g/mol. The summed E-state index contributed by atoms with van der Waals surface area (Å²) in [7, 11) is 0. The molecule has 1 aromatic carbocycles. The Bertz CT molecular complexity index is 1310. The van der Waals surface area contributed by atoms with Crippen LogP contribution in [0.5, 0.6) is 0 Å². The number of benzene rings is 1. The van der Waals surface area contributed by atoms with E-state index in [4.69, 9.17) is 4.74 Å². The highest BCUT2D eigenvalue weighted by Crippen LogP contribution is 2.37. The fourth-order valence-electron chi connectivity index (χ4n) is 5.14. The molecule has 0 aliphatic carbocycles. The van der Waals surface area contributed by atoms with Gasteiger partial charge in [0, 0.05) is 49.7 Å². The lowest BCUT2D eigenvalue weighted by molar-refractivity contribution is -0.123. The predicted octanol–water partition coefficient (Wildman–Crippen LogP) is 1.99. The van der Waals surface area contributed by atoms with Crippen LogP contribution in [0.3, 0.4) is 0 Å². The number of morpholine rings is 1. The first-order chi connectivity index (χ1) is 18.2. The van der Waals surface area contributed by atoms with Crippen molar-refractivity contribution in [1.29, 1.82) is 0 Å². The van der Waals surface area contributed by atoms with E-state index in [-0.39, 0.29) is 17.2 Å². The molecule has 1 saturated heterocycles. The number of carbonyl (C=O) groups excluding carboxylic acids is 3. The summed E-state index contributed by atoms with van der Waals surface area (Å²) in [6.07, 6.45) is 1.87. The second kappa shape index (κ2) is 10.7. The number of aliphatic hydroxyl groups excluding tert-OH is 1. The van der Waals surface area contributed by atoms with E-state index >= 15 is 0 Å². The Morgan fingerprint density at radius 3 is 2.74 bits per heavy atom. The van der Waals surface area contributed by atoms with Crippen LogP contribution < -0.4 is 10.6 Å². The molecule has 11 heteroatoms. The van der Waals surface area contributed by atoms with E-state index in [0.717, 1.165) is 37.3 Å². The van der Waals surface area contributed by atoms with E-state index in [1.54, 1.807) is 6.08 Å². The summed E-state index contributed by atoms with van der Waals surface area (Å²) in [4.78, 5) is 45.7. The lowest BCUT2D eigenvalue weighted by atomic mass is 10.0. The standard InChI is InChI=1S/C27H32FN5O5/c1-15-21(13-18-17-12-19(28)23(31-25(35)16(2)34)14-22(17)30-26(18)36)29-20-4-3-5-33(27(37)24(15)20)7-6-32-8-10-38-11-9-32/h12-14,16,29,34H,3-11H2,1-2H3,(H,30,36)(H,31,35). The molecule has 38 heavy (non-hydrogen) atoms. The number of H-pyrrole nitrogens is 1. The molecular formula is C27H32FN5O5. The Balaban J connectivity index is 1.40. The number of carbonyl (C=O) groups is 3. The molecule has 2 aromatic rings. The van der Waals surface area contributed by atoms with Crippen LogP contribution >= 0.6 is 0 Å². The summed E-state index contributed by atoms with van der Waals surface area (Å²) < 4.78 is 20.2.